The van der Waals surface area contributed by atoms with Crippen LogP contribution < -0.4 is 20.1 Å². The largest absolute Gasteiger partial charge is 0.495 e. The number of para-hydroxylation sites is 1. The van der Waals surface area contributed by atoms with Crippen molar-refractivity contribution in [3.05, 3.63) is 107 Å². The van der Waals surface area contributed by atoms with Gasteiger partial charge in [-0.25, -0.2) is 4.39 Å². The summed E-state index contributed by atoms with van der Waals surface area (Å²) in [6.45, 7) is 0.139. The maximum absolute atomic E-state index is 14.1. The molecule has 0 atom stereocenters. The summed E-state index contributed by atoms with van der Waals surface area (Å²) < 4.78 is 30.5. The Bertz CT molecular complexity index is 1360. The molecule has 0 spiro atoms. The molecule has 0 aliphatic carbocycles. The summed E-state index contributed by atoms with van der Waals surface area (Å²) in [5.74, 6) is -0.902. The van der Waals surface area contributed by atoms with E-state index < -0.39 is 17.6 Å². The van der Waals surface area contributed by atoms with Gasteiger partial charge in [-0.1, -0.05) is 29.8 Å². The normalized spacial score (nSPS) is 10.5. The third-order valence-corrected chi connectivity index (χ3v) is 5.21. The lowest BCUT2D eigenvalue weighted by molar-refractivity contribution is 0.0991. The molecule has 0 saturated heterocycles. The number of benzene rings is 3. The van der Waals surface area contributed by atoms with E-state index in [0.29, 0.717) is 22.7 Å². The molecule has 4 rings (SSSR count). The third-order valence-electron chi connectivity index (χ3n) is 4.97. The van der Waals surface area contributed by atoms with Gasteiger partial charge in [0.1, 0.15) is 23.9 Å². The molecule has 178 valence electrons. The van der Waals surface area contributed by atoms with E-state index in [1.54, 1.807) is 18.2 Å². The van der Waals surface area contributed by atoms with Crippen molar-refractivity contribution < 1.29 is 27.9 Å². The van der Waals surface area contributed by atoms with Crippen molar-refractivity contribution in [3.63, 3.8) is 0 Å². The van der Waals surface area contributed by atoms with E-state index in [-0.39, 0.29) is 28.6 Å². The fraction of sp³-hybridized carbons (Fsp3) is 0.0769. The van der Waals surface area contributed by atoms with Crippen LogP contribution in [0.1, 0.15) is 26.5 Å². The van der Waals surface area contributed by atoms with Crippen molar-refractivity contribution >= 4 is 34.8 Å². The molecular formula is C26H20ClFN2O5. The van der Waals surface area contributed by atoms with Crippen molar-refractivity contribution in [2.75, 3.05) is 17.7 Å². The van der Waals surface area contributed by atoms with Crippen LogP contribution in [0, 0.1) is 5.82 Å². The molecule has 4 aromatic rings. The Kier molecular flexibility index (Phi) is 7.32. The molecule has 7 nitrogen and oxygen atoms in total. The van der Waals surface area contributed by atoms with Crippen molar-refractivity contribution in [2.45, 2.75) is 6.61 Å². The van der Waals surface area contributed by atoms with Gasteiger partial charge in [0.15, 0.2) is 5.76 Å². The molecule has 0 bridgehead atoms. The molecule has 0 saturated carbocycles. The fourth-order valence-corrected chi connectivity index (χ4v) is 3.42. The van der Waals surface area contributed by atoms with Crippen LogP contribution in [0.2, 0.25) is 5.02 Å². The van der Waals surface area contributed by atoms with E-state index in [1.165, 1.54) is 31.6 Å². The predicted octanol–water partition coefficient (Wildman–Crippen LogP) is 6.16. The molecule has 3 aromatic carbocycles. The summed E-state index contributed by atoms with van der Waals surface area (Å²) in [5, 5.41) is 5.49. The molecule has 0 unspecified atom stereocenters. The molecule has 2 amide bonds. The highest BCUT2D eigenvalue weighted by molar-refractivity contribution is 6.30. The Morgan fingerprint density at radius 2 is 1.77 bits per heavy atom. The molecule has 0 aliphatic rings. The number of furan rings is 1. The average Bonchev–Trinajstić information content (AvgIpc) is 3.32. The fourth-order valence-electron chi connectivity index (χ4n) is 3.26. The van der Waals surface area contributed by atoms with Crippen LogP contribution in [0.4, 0.5) is 15.8 Å². The first-order valence-corrected chi connectivity index (χ1v) is 10.8. The van der Waals surface area contributed by atoms with E-state index in [0.717, 1.165) is 6.07 Å². The van der Waals surface area contributed by atoms with Gasteiger partial charge in [-0.05, 0) is 54.6 Å². The number of amides is 2. The summed E-state index contributed by atoms with van der Waals surface area (Å²) >= 11 is 5.76. The minimum Gasteiger partial charge on any atom is -0.495 e. The molecule has 0 aliphatic heterocycles. The lowest BCUT2D eigenvalue weighted by Gasteiger charge is -2.13. The number of hydrogen-bond donors (Lipinski definition) is 2. The molecule has 2 N–H and O–H groups in total. The van der Waals surface area contributed by atoms with E-state index in [4.69, 9.17) is 25.5 Å². The van der Waals surface area contributed by atoms with Gasteiger partial charge in [-0.15, -0.1) is 0 Å². The minimum absolute atomic E-state index is 0.0885. The zero-order valence-corrected chi connectivity index (χ0v) is 19.3. The SMILES string of the molecule is COc1ccc(NC(=O)c2occc2COc2ccccc2)cc1NC(=O)c1ccc(Cl)cc1F. The molecule has 9 heteroatoms. The van der Waals surface area contributed by atoms with Crippen LogP contribution >= 0.6 is 11.6 Å². The van der Waals surface area contributed by atoms with Crippen molar-refractivity contribution in [2.24, 2.45) is 0 Å². The Hall–Kier alpha value is -4.30. The van der Waals surface area contributed by atoms with Gasteiger partial charge in [0.2, 0.25) is 0 Å². The maximum atomic E-state index is 14.1. The van der Waals surface area contributed by atoms with Gasteiger partial charge in [0.25, 0.3) is 11.8 Å². The number of anilines is 2. The van der Waals surface area contributed by atoms with Crippen LogP contribution in [0.25, 0.3) is 0 Å². The van der Waals surface area contributed by atoms with Crippen LogP contribution in [0.15, 0.2) is 83.5 Å². The highest BCUT2D eigenvalue weighted by Crippen LogP contribution is 2.29. The van der Waals surface area contributed by atoms with Crippen molar-refractivity contribution in [1.82, 2.24) is 0 Å². The Morgan fingerprint density at radius 1 is 0.971 bits per heavy atom. The van der Waals surface area contributed by atoms with E-state index in [1.807, 2.05) is 30.3 Å². The quantitative estimate of drug-likeness (QED) is 0.306. The number of nitrogens with one attached hydrogen (secondary N) is 2. The van der Waals surface area contributed by atoms with Crippen molar-refractivity contribution in [1.29, 1.82) is 0 Å². The first-order valence-electron chi connectivity index (χ1n) is 10.4. The molecule has 1 heterocycles. The first kappa shape index (κ1) is 23.8. The third kappa shape index (κ3) is 5.80. The second-order valence-electron chi connectivity index (χ2n) is 7.32. The molecule has 1 aromatic heterocycles. The first-order chi connectivity index (χ1) is 16.9. The van der Waals surface area contributed by atoms with Gasteiger partial charge in [-0.2, -0.15) is 0 Å². The Balaban J connectivity index is 1.48. The summed E-state index contributed by atoms with van der Waals surface area (Å²) in [7, 11) is 1.42. The van der Waals surface area contributed by atoms with Crippen molar-refractivity contribution in [3.8, 4) is 11.5 Å². The smallest absolute Gasteiger partial charge is 0.291 e. The van der Waals surface area contributed by atoms with Gasteiger partial charge in [0, 0.05) is 16.3 Å². The van der Waals surface area contributed by atoms with E-state index >= 15 is 0 Å². The number of hydrogen-bond acceptors (Lipinski definition) is 5. The average molecular weight is 495 g/mol. The topological polar surface area (TPSA) is 89.8 Å². The van der Waals surface area contributed by atoms with Gasteiger partial charge in [0.05, 0.1) is 24.6 Å². The summed E-state index contributed by atoms with van der Waals surface area (Å²) in [4.78, 5) is 25.5. The number of methoxy groups -OCH3 is 1. The van der Waals surface area contributed by atoms with E-state index in [2.05, 4.69) is 10.6 Å². The standard InChI is InChI=1S/C26H20ClFN2O5/c1-33-23-10-8-18(14-22(23)30-25(31)20-9-7-17(27)13-21(20)28)29-26(32)24-16(11-12-34-24)15-35-19-5-3-2-4-6-19/h2-14H,15H2,1H3,(H,29,32)(H,30,31). The number of carbonyl (C=O) groups is 2. The van der Waals surface area contributed by atoms with Crippen LogP contribution in [0.3, 0.4) is 0 Å². The number of carbonyl (C=O) groups excluding carboxylic acids is 2. The zero-order chi connectivity index (χ0) is 24.8. The van der Waals surface area contributed by atoms with Gasteiger partial charge < -0.3 is 24.5 Å². The van der Waals surface area contributed by atoms with Crippen LogP contribution in [-0.2, 0) is 6.61 Å². The lowest BCUT2D eigenvalue weighted by atomic mass is 10.2. The highest BCUT2D eigenvalue weighted by atomic mass is 35.5. The Morgan fingerprint density at radius 3 is 2.51 bits per heavy atom. The number of ether oxygens (including phenoxy) is 2. The van der Waals surface area contributed by atoms with Gasteiger partial charge in [-0.3, -0.25) is 9.59 Å². The molecular weight excluding hydrogens is 475 g/mol. The minimum atomic E-state index is -0.763. The highest BCUT2D eigenvalue weighted by Gasteiger charge is 2.18. The van der Waals surface area contributed by atoms with E-state index in [9.17, 15) is 14.0 Å². The molecule has 0 radical (unpaired) electrons. The van der Waals surface area contributed by atoms with Crippen LogP contribution in [0.5, 0.6) is 11.5 Å². The maximum Gasteiger partial charge on any atom is 0.291 e. The second kappa shape index (κ2) is 10.8. The van der Waals surface area contributed by atoms with Crippen LogP contribution in [-0.4, -0.2) is 18.9 Å². The predicted molar refractivity (Wildman–Crippen MR) is 130 cm³/mol. The Labute approximate surface area is 205 Å². The number of halogens is 2. The second-order valence-corrected chi connectivity index (χ2v) is 7.76. The summed E-state index contributed by atoms with van der Waals surface area (Å²) in [6, 6.07) is 19.2. The van der Waals surface area contributed by atoms with Gasteiger partial charge >= 0.3 is 0 Å². The molecule has 0 fully saturated rings. The lowest BCUT2D eigenvalue weighted by Crippen LogP contribution is -2.16. The monoisotopic (exact) mass is 494 g/mol. The summed E-state index contributed by atoms with van der Waals surface area (Å²) in [5.41, 5.74) is 0.960. The zero-order valence-electron chi connectivity index (χ0n) is 18.5. The molecule has 35 heavy (non-hydrogen) atoms. The number of rotatable bonds is 8. The summed E-state index contributed by atoms with van der Waals surface area (Å²) in [6.07, 6.45) is 1.40.